The molecule has 1 amide bonds. The smallest absolute Gasteiger partial charge is 0.427 e. The number of piperidine rings is 1. The fraction of sp³-hybridized carbons (Fsp3) is 0.938. The number of likely N-dealkylation sites (tertiary alicyclic amines) is 1. The Kier molecular flexibility index (Phi) is 5.87. The molecule has 8 nitrogen and oxygen atoms in total. The number of nitrogens with zero attached hydrogens (tertiary/aromatic N) is 2. The maximum atomic E-state index is 12.6. The molecule has 0 bridgehead atoms. The molecule has 0 aromatic carbocycles. The Morgan fingerprint density at radius 2 is 1.96 bits per heavy atom. The van der Waals surface area contributed by atoms with E-state index in [-0.39, 0.29) is 31.0 Å². The number of aliphatic hydroxyl groups is 1. The second kappa shape index (κ2) is 7.62. The number of halogens is 3. The van der Waals surface area contributed by atoms with Gasteiger partial charge in [0.2, 0.25) is 16.1 Å². The molecule has 3 rings (SSSR count). The minimum atomic E-state index is -4.83. The molecule has 0 aromatic heterocycles. The third-order valence-electron chi connectivity index (χ3n) is 5.76. The first-order valence-electron chi connectivity index (χ1n) is 9.22. The van der Waals surface area contributed by atoms with Crippen LogP contribution in [0.25, 0.3) is 0 Å². The number of carbonyl (C=O) groups excluding carboxylic acids is 1. The van der Waals surface area contributed by atoms with E-state index in [0.29, 0.717) is 32.1 Å². The molecule has 2 atom stereocenters. The monoisotopic (exact) mass is 430 g/mol. The van der Waals surface area contributed by atoms with Gasteiger partial charge in [-0.05, 0) is 32.1 Å². The second-order valence-corrected chi connectivity index (χ2v) is 9.97. The summed E-state index contributed by atoms with van der Waals surface area (Å²) in [5.41, 5.74) is -0.588. The van der Waals surface area contributed by atoms with Gasteiger partial charge in [0.05, 0.1) is 30.1 Å². The van der Waals surface area contributed by atoms with E-state index in [1.807, 2.05) is 0 Å². The molecule has 1 spiro atoms. The van der Waals surface area contributed by atoms with Crippen molar-refractivity contribution in [3.63, 3.8) is 0 Å². The van der Waals surface area contributed by atoms with Gasteiger partial charge in [-0.1, -0.05) is 0 Å². The highest BCUT2D eigenvalue weighted by Gasteiger charge is 2.49. The molecule has 1 N–H and O–H groups in total. The van der Waals surface area contributed by atoms with E-state index in [9.17, 15) is 26.4 Å². The number of rotatable bonds is 5. The number of carbonyl (C=O) groups is 1. The number of hydrogen-bond acceptors (Lipinski definition) is 6. The fourth-order valence-corrected chi connectivity index (χ4v) is 5.46. The highest BCUT2D eigenvalue weighted by atomic mass is 32.2. The van der Waals surface area contributed by atoms with Gasteiger partial charge in [0.15, 0.2) is 0 Å². The predicted molar refractivity (Wildman–Crippen MR) is 91.0 cm³/mol. The van der Waals surface area contributed by atoms with Gasteiger partial charge in [-0.2, -0.15) is 17.5 Å². The summed E-state index contributed by atoms with van der Waals surface area (Å²) >= 11 is 0. The summed E-state index contributed by atoms with van der Waals surface area (Å²) in [7, 11) is -1.77. The molecule has 12 heteroatoms. The quantitative estimate of drug-likeness (QED) is 0.702. The minimum absolute atomic E-state index is 0.140. The molecule has 0 aromatic rings. The maximum absolute atomic E-state index is 12.6. The lowest BCUT2D eigenvalue weighted by atomic mass is 9.87. The zero-order valence-electron chi connectivity index (χ0n) is 15.5. The molecule has 3 aliphatic rings. The third kappa shape index (κ3) is 4.39. The summed E-state index contributed by atoms with van der Waals surface area (Å²) in [6.45, 7) is -0.797. The molecular weight excluding hydrogens is 405 g/mol. The SMILES string of the molecule is CN(C1COC2(CCN(C(=O)OC(CO)C(F)(F)F)CC2)C1)S(=O)(=O)C1CC1. The van der Waals surface area contributed by atoms with Crippen LogP contribution in [0.15, 0.2) is 0 Å². The van der Waals surface area contributed by atoms with Gasteiger partial charge < -0.3 is 19.5 Å². The number of likely N-dealkylation sites (N-methyl/N-ethyl adjacent to an activating group) is 1. The Morgan fingerprint density at radius 3 is 2.46 bits per heavy atom. The van der Waals surface area contributed by atoms with Gasteiger partial charge in [-0.25, -0.2) is 13.2 Å². The highest BCUT2D eigenvalue weighted by molar-refractivity contribution is 7.90. The van der Waals surface area contributed by atoms with Crippen molar-refractivity contribution in [3.8, 4) is 0 Å². The zero-order valence-corrected chi connectivity index (χ0v) is 16.3. The lowest BCUT2D eigenvalue weighted by Gasteiger charge is -2.38. The van der Waals surface area contributed by atoms with Crippen molar-refractivity contribution >= 4 is 16.1 Å². The summed E-state index contributed by atoms with van der Waals surface area (Å²) in [5.74, 6) is 0. The Bertz CT molecular complexity index is 689. The first-order valence-corrected chi connectivity index (χ1v) is 10.7. The van der Waals surface area contributed by atoms with Gasteiger partial charge in [-0.15, -0.1) is 0 Å². The van der Waals surface area contributed by atoms with Crippen molar-refractivity contribution in [2.45, 2.75) is 61.3 Å². The van der Waals surface area contributed by atoms with Crippen molar-refractivity contribution < 1.29 is 41.0 Å². The Hall–Kier alpha value is -1.11. The van der Waals surface area contributed by atoms with Gasteiger partial charge in [-0.3, -0.25) is 0 Å². The van der Waals surface area contributed by atoms with Gasteiger partial charge >= 0.3 is 12.3 Å². The predicted octanol–water partition coefficient (Wildman–Crippen LogP) is 1.09. The maximum Gasteiger partial charge on any atom is 0.427 e. The average molecular weight is 430 g/mol. The summed E-state index contributed by atoms with van der Waals surface area (Å²) in [6.07, 6.45) is -5.92. The van der Waals surface area contributed by atoms with E-state index < -0.39 is 40.6 Å². The van der Waals surface area contributed by atoms with Gasteiger partial charge in [0, 0.05) is 20.1 Å². The average Bonchev–Trinajstić information content (AvgIpc) is 3.42. The van der Waals surface area contributed by atoms with Crippen molar-refractivity contribution in [1.29, 1.82) is 0 Å². The molecule has 28 heavy (non-hydrogen) atoms. The van der Waals surface area contributed by atoms with Crippen LogP contribution in [0.1, 0.15) is 32.1 Å². The first kappa shape index (κ1) is 21.6. The summed E-state index contributed by atoms with van der Waals surface area (Å²) in [5, 5.41) is 8.47. The lowest BCUT2D eigenvalue weighted by Crippen LogP contribution is -2.49. The topological polar surface area (TPSA) is 96.4 Å². The van der Waals surface area contributed by atoms with E-state index in [2.05, 4.69) is 4.74 Å². The number of amides is 1. The molecule has 2 unspecified atom stereocenters. The van der Waals surface area contributed by atoms with Crippen molar-refractivity contribution in [2.75, 3.05) is 33.4 Å². The van der Waals surface area contributed by atoms with E-state index in [1.165, 1.54) is 4.31 Å². The molecule has 3 fully saturated rings. The van der Waals surface area contributed by atoms with Crippen LogP contribution in [-0.4, -0.2) is 91.3 Å². The summed E-state index contributed by atoms with van der Waals surface area (Å²) in [6, 6.07) is -0.284. The van der Waals surface area contributed by atoms with Crippen molar-refractivity contribution in [1.82, 2.24) is 9.21 Å². The van der Waals surface area contributed by atoms with E-state index in [0.717, 1.165) is 4.90 Å². The van der Waals surface area contributed by atoms with Gasteiger partial charge in [0.1, 0.15) is 0 Å². The highest BCUT2D eigenvalue weighted by Crippen LogP contribution is 2.40. The number of alkyl halides is 3. The molecule has 2 aliphatic heterocycles. The minimum Gasteiger partial charge on any atom is -0.434 e. The normalized spacial score (nSPS) is 26.6. The molecule has 2 heterocycles. The molecule has 1 aliphatic carbocycles. The number of hydrogen-bond donors (Lipinski definition) is 1. The van der Waals surface area contributed by atoms with Crippen LogP contribution in [-0.2, 0) is 19.5 Å². The molecule has 2 saturated heterocycles. The largest absolute Gasteiger partial charge is 0.434 e. The molecule has 0 radical (unpaired) electrons. The van der Waals surface area contributed by atoms with Crippen LogP contribution in [0, 0.1) is 0 Å². The molecule has 1 saturated carbocycles. The standard InChI is InChI=1S/C16H25F3N2O6S/c1-20(28(24,25)12-2-3-12)11-8-15(26-10-11)4-6-21(7-5-15)14(23)27-13(9-22)16(17,18)19/h11-13,22H,2-10H2,1H3. The zero-order chi connectivity index (χ0) is 20.7. The first-order chi connectivity index (χ1) is 13.0. The summed E-state index contributed by atoms with van der Waals surface area (Å²) < 4.78 is 74.3. The fourth-order valence-electron chi connectivity index (χ4n) is 3.71. The lowest BCUT2D eigenvalue weighted by molar-refractivity contribution is -0.215. The molecular formula is C16H25F3N2O6S. The number of sulfonamides is 1. The number of aliphatic hydroxyl groups excluding tert-OH is 1. The van der Waals surface area contributed by atoms with Crippen LogP contribution in [0.5, 0.6) is 0 Å². The van der Waals surface area contributed by atoms with Crippen LogP contribution in [0.3, 0.4) is 0 Å². The van der Waals surface area contributed by atoms with Crippen LogP contribution in [0.2, 0.25) is 0 Å². The van der Waals surface area contributed by atoms with Crippen molar-refractivity contribution in [2.24, 2.45) is 0 Å². The van der Waals surface area contributed by atoms with Crippen LogP contribution >= 0.6 is 0 Å². The summed E-state index contributed by atoms with van der Waals surface area (Å²) in [4.78, 5) is 13.1. The van der Waals surface area contributed by atoms with Crippen molar-refractivity contribution in [3.05, 3.63) is 0 Å². The third-order valence-corrected chi connectivity index (χ3v) is 8.17. The number of ether oxygens (including phenoxy) is 2. The van der Waals surface area contributed by atoms with E-state index in [4.69, 9.17) is 9.84 Å². The van der Waals surface area contributed by atoms with E-state index in [1.54, 1.807) is 7.05 Å². The van der Waals surface area contributed by atoms with E-state index >= 15 is 0 Å². The van der Waals surface area contributed by atoms with Crippen LogP contribution in [0.4, 0.5) is 18.0 Å². The Labute approximate surface area is 161 Å². The molecule has 162 valence electrons. The van der Waals surface area contributed by atoms with Gasteiger partial charge in [0.25, 0.3) is 0 Å². The Morgan fingerprint density at radius 1 is 1.36 bits per heavy atom. The van der Waals surface area contributed by atoms with Crippen LogP contribution < -0.4 is 0 Å². The second-order valence-electron chi connectivity index (χ2n) is 7.70. The Balaban J connectivity index is 1.53.